The second kappa shape index (κ2) is 10.9. The first-order valence-electron chi connectivity index (χ1n) is 17.4. The van der Waals surface area contributed by atoms with Gasteiger partial charge in [0.1, 0.15) is 6.17 Å². The average molecular weight is 642 g/mol. The van der Waals surface area contributed by atoms with Gasteiger partial charge in [0.05, 0.1) is 22.4 Å². The molecule has 1 aliphatic heterocycles. The standard InChI is InChI=1S/C47H35N3/c1-47(2)38-27-33(46-48-39(30-15-5-3-6-16-30)29-40(49-46)31-17-7-4-8-18-31)25-26-37(38)44-43(28-32-19-9-10-20-34(32)45(44)47)50-41-23-13-11-21-35(41)36-22-12-14-24-42(36)50/h3-29,46,48H,1-2H3. The van der Waals surface area contributed by atoms with E-state index in [0.29, 0.717) is 0 Å². The van der Waals surface area contributed by atoms with Crippen molar-refractivity contribution in [3.8, 4) is 16.8 Å². The quantitative estimate of drug-likeness (QED) is 0.204. The minimum Gasteiger partial charge on any atom is -0.360 e. The number of nitrogens with zero attached hydrogens (tertiary/aromatic N) is 2. The summed E-state index contributed by atoms with van der Waals surface area (Å²) in [6.07, 6.45) is 1.95. The van der Waals surface area contributed by atoms with Crippen molar-refractivity contribution in [2.24, 2.45) is 4.99 Å². The van der Waals surface area contributed by atoms with Gasteiger partial charge in [-0.15, -0.1) is 0 Å². The molecule has 1 N–H and O–H groups in total. The second-order valence-electron chi connectivity index (χ2n) is 14.0. The van der Waals surface area contributed by atoms with E-state index in [1.807, 2.05) is 0 Å². The third kappa shape index (κ3) is 4.26. The predicted octanol–water partition coefficient (Wildman–Crippen LogP) is 11.4. The molecule has 1 aromatic heterocycles. The Kier molecular flexibility index (Phi) is 6.28. The summed E-state index contributed by atoms with van der Waals surface area (Å²) in [7, 11) is 0. The van der Waals surface area contributed by atoms with Gasteiger partial charge in [-0.1, -0.05) is 153 Å². The van der Waals surface area contributed by atoms with E-state index in [1.54, 1.807) is 0 Å². The van der Waals surface area contributed by atoms with Crippen molar-refractivity contribution < 1.29 is 0 Å². The smallest absolute Gasteiger partial charge is 0.145 e. The summed E-state index contributed by atoms with van der Waals surface area (Å²) < 4.78 is 2.49. The zero-order valence-corrected chi connectivity index (χ0v) is 28.1. The first-order chi connectivity index (χ1) is 24.6. The third-order valence-electron chi connectivity index (χ3n) is 10.8. The summed E-state index contributed by atoms with van der Waals surface area (Å²) in [5.41, 5.74) is 14.2. The third-order valence-corrected chi connectivity index (χ3v) is 10.8. The highest BCUT2D eigenvalue weighted by Gasteiger charge is 2.40. The van der Waals surface area contributed by atoms with Crippen LogP contribution in [0.25, 0.3) is 55.1 Å². The summed E-state index contributed by atoms with van der Waals surface area (Å²) in [4.78, 5) is 5.32. The molecule has 0 amide bonds. The molecule has 8 aromatic rings. The zero-order chi connectivity index (χ0) is 33.4. The number of nitrogens with one attached hydrogen (secondary N) is 1. The van der Waals surface area contributed by atoms with Crippen LogP contribution in [-0.4, -0.2) is 10.3 Å². The fraction of sp³-hybridized carbons (Fsp3) is 0.0851. The van der Waals surface area contributed by atoms with E-state index in [9.17, 15) is 0 Å². The van der Waals surface area contributed by atoms with Gasteiger partial charge < -0.3 is 9.88 Å². The van der Waals surface area contributed by atoms with Crippen molar-refractivity contribution in [2.75, 3.05) is 0 Å². The van der Waals surface area contributed by atoms with Gasteiger partial charge >= 0.3 is 0 Å². The van der Waals surface area contributed by atoms with Gasteiger partial charge in [0.15, 0.2) is 0 Å². The highest BCUT2D eigenvalue weighted by Crippen LogP contribution is 2.55. The van der Waals surface area contributed by atoms with Gasteiger partial charge in [0, 0.05) is 27.4 Å². The van der Waals surface area contributed by atoms with Gasteiger partial charge in [0.2, 0.25) is 0 Å². The first-order valence-corrected chi connectivity index (χ1v) is 17.4. The van der Waals surface area contributed by atoms with E-state index in [0.717, 1.165) is 28.1 Å². The van der Waals surface area contributed by atoms with Crippen molar-refractivity contribution in [1.29, 1.82) is 0 Å². The highest BCUT2D eigenvalue weighted by atomic mass is 15.1. The Morgan fingerprint density at radius 2 is 1.20 bits per heavy atom. The van der Waals surface area contributed by atoms with E-state index in [2.05, 4.69) is 188 Å². The van der Waals surface area contributed by atoms with Crippen molar-refractivity contribution in [3.05, 3.63) is 192 Å². The second-order valence-corrected chi connectivity index (χ2v) is 14.0. The Morgan fingerprint density at radius 1 is 0.600 bits per heavy atom. The first kappa shape index (κ1) is 28.8. The molecule has 0 radical (unpaired) electrons. The van der Waals surface area contributed by atoms with E-state index in [-0.39, 0.29) is 11.6 Å². The van der Waals surface area contributed by atoms with Gasteiger partial charge in [-0.05, 0) is 68.4 Å². The molecule has 238 valence electrons. The maximum atomic E-state index is 5.32. The normalized spacial score (nSPS) is 16.2. The van der Waals surface area contributed by atoms with Crippen LogP contribution in [0.15, 0.2) is 169 Å². The zero-order valence-electron chi connectivity index (χ0n) is 28.1. The molecule has 0 fully saturated rings. The van der Waals surface area contributed by atoms with Crippen molar-refractivity contribution in [2.45, 2.75) is 25.4 Å². The Labute approximate surface area is 291 Å². The van der Waals surface area contributed by atoms with Crippen LogP contribution in [0.3, 0.4) is 0 Å². The lowest BCUT2D eigenvalue weighted by atomic mass is 9.79. The minimum absolute atomic E-state index is 0.233. The van der Waals surface area contributed by atoms with Crippen LogP contribution < -0.4 is 5.32 Å². The lowest BCUT2D eigenvalue weighted by Crippen LogP contribution is -2.25. The molecule has 0 saturated heterocycles. The van der Waals surface area contributed by atoms with Crippen molar-refractivity contribution >= 4 is 44.0 Å². The van der Waals surface area contributed by atoms with E-state index in [1.165, 1.54) is 60.5 Å². The fourth-order valence-corrected chi connectivity index (χ4v) is 8.46. The topological polar surface area (TPSA) is 29.3 Å². The molecule has 10 rings (SSSR count). The number of benzene rings is 7. The summed E-state index contributed by atoms with van der Waals surface area (Å²) in [6.45, 7) is 4.79. The molecule has 1 atom stereocenters. The van der Waals surface area contributed by atoms with Gasteiger partial charge in [-0.25, -0.2) is 0 Å². The molecule has 0 saturated carbocycles. The molecule has 0 bridgehead atoms. The fourth-order valence-electron chi connectivity index (χ4n) is 8.46. The Morgan fingerprint density at radius 3 is 1.90 bits per heavy atom. The largest absolute Gasteiger partial charge is 0.360 e. The number of hydrogen-bond acceptors (Lipinski definition) is 2. The number of hydrogen-bond donors (Lipinski definition) is 1. The molecule has 3 heteroatoms. The van der Waals surface area contributed by atoms with Crippen LogP contribution in [-0.2, 0) is 5.41 Å². The summed E-state index contributed by atoms with van der Waals surface area (Å²) in [6, 6.07) is 57.1. The molecule has 2 heterocycles. The van der Waals surface area contributed by atoms with Crippen LogP contribution in [0.5, 0.6) is 0 Å². The molecular formula is C47H35N3. The highest BCUT2D eigenvalue weighted by molar-refractivity contribution is 6.13. The Balaban J connectivity index is 1.19. The molecule has 3 nitrogen and oxygen atoms in total. The lowest BCUT2D eigenvalue weighted by Gasteiger charge is -2.27. The predicted molar refractivity (Wildman–Crippen MR) is 209 cm³/mol. The minimum atomic E-state index is -0.242. The van der Waals surface area contributed by atoms with Crippen LogP contribution in [0.2, 0.25) is 0 Å². The Hall–Kier alpha value is -6.19. The molecule has 0 spiro atoms. The average Bonchev–Trinajstić information content (AvgIpc) is 3.63. The maximum Gasteiger partial charge on any atom is 0.145 e. The lowest BCUT2D eigenvalue weighted by molar-refractivity contribution is 0.644. The summed E-state index contributed by atoms with van der Waals surface area (Å²) in [5.74, 6) is 0. The number of aliphatic imine (C=N–C) groups is 1. The summed E-state index contributed by atoms with van der Waals surface area (Å²) >= 11 is 0. The van der Waals surface area contributed by atoms with E-state index < -0.39 is 0 Å². The molecule has 7 aromatic carbocycles. The number of aromatic nitrogens is 1. The van der Waals surface area contributed by atoms with Crippen molar-refractivity contribution in [3.63, 3.8) is 0 Å². The van der Waals surface area contributed by atoms with Crippen LogP contribution >= 0.6 is 0 Å². The Bertz CT molecular complexity index is 2640. The molecule has 2 aliphatic rings. The number of rotatable bonds is 4. The SMILES string of the molecule is CC1(C)c2cc(C3N=C(c4ccccc4)C=C(c4ccccc4)N3)ccc2-c2c(-n3c4ccccc4c4ccccc43)cc3ccccc3c21. The monoisotopic (exact) mass is 641 g/mol. The molecule has 50 heavy (non-hydrogen) atoms. The van der Waals surface area contributed by atoms with Crippen molar-refractivity contribution in [1.82, 2.24) is 9.88 Å². The maximum absolute atomic E-state index is 5.32. The number of fused-ring (bicyclic) bond motifs is 8. The van der Waals surface area contributed by atoms with Gasteiger partial charge in [-0.2, -0.15) is 0 Å². The number of allylic oxidation sites excluding steroid dienone is 1. The van der Waals surface area contributed by atoms with E-state index >= 15 is 0 Å². The van der Waals surface area contributed by atoms with Gasteiger partial charge in [0.25, 0.3) is 0 Å². The van der Waals surface area contributed by atoms with Gasteiger partial charge in [-0.3, -0.25) is 4.99 Å². The molecule has 1 unspecified atom stereocenters. The van der Waals surface area contributed by atoms with Crippen LogP contribution in [0.4, 0.5) is 0 Å². The van der Waals surface area contributed by atoms with Crippen LogP contribution in [0.1, 0.15) is 47.8 Å². The van der Waals surface area contributed by atoms with Crippen LogP contribution in [0, 0.1) is 0 Å². The molecule has 1 aliphatic carbocycles. The number of para-hydroxylation sites is 2. The molecular weight excluding hydrogens is 607 g/mol. The summed E-state index contributed by atoms with van der Waals surface area (Å²) in [5, 5.41) is 8.91. The van der Waals surface area contributed by atoms with E-state index in [4.69, 9.17) is 4.99 Å².